The standard InChI is InChI=1S/C16H22N2O4/c1-20-8-2-7-17-15(19)18-16(5-6-16)12-3-4-13-14(11-12)22-10-9-21-13/h3-4,11H,2,5-10H2,1H3,(H2,17,18,19). The van der Waals surface area contributed by atoms with Gasteiger partial charge in [0, 0.05) is 20.3 Å². The third kappa shape index (κ3) is 3.27. The van der Waals surface area contributed by atoms with E-state index in [1.54, 1.807) is 7.11 Å². The van der Waals surface area contributed by atoms with Crippen molar-refractivity contribution in [2.45, 2.75) is 24.8 Å². The molecule has 3 rings (SSSR count). The van der Waals surface area contributed by atoms with Crippen molar-refractivity contribution in [3.63, 3.8) is 0 Å². The van der Waals surface area contributed by atoms with Crippen molar-refractivity contribution in [3.05, 3.63) is 23.8 Å². The van der Waals surface area contributed by atoms with E-state index in [0.717, 1.165) is 36.3 Å². The zero-order valence-electron chi connectivity index (χ0n) is 12.8. The zero-order chi connectivity index (χ0) is 15.4. The van der Waals surface area contributed by atoms with Crippen LogP contribution in [-0.4, -0.2) is 39.5 Å². The number of nitrogens with one attached hydrogen (secondary N) is 2. The molecule has 1 saturated carbocycles. The lowest BCUT2D eigenvalue weighted by Gasteiger charge is -2.23. The topological polar surface area (TPSA) is 68.8 Å². The summed E-state index contributed by atoms with van der Waals surface area (Å²) in [5.74, 6) is 1.53. The second-order valence-electron chi connectivity index (χ2n) is 5.67. The van der Waals surface area contributed by atoms with Crippen molar-refractivity contribution in [1.29, 1.82) is 0 Å². The maximum Gasteiger partial charge on any atom is 0.315 e. The molecule has 0 spiro atoms. The van der Waals surface area contributed by atoms with Gasteiger partial charge in [-0.3, -0.25) is 0 Å². The molecule has 6 nitrogen and oxygen atoms in total. The summed E-state index contributed by atoms with van der Waals surface area (Å²) in [5, 5.41) is 5.94. The van der Waals surface area contributed by atoms with Crippen molar-refractivity contribution < 1.29 is 19.0 Å². The van der Waals surface area contributed by atoms with Crippen LogP contribution in [0.25, 0.3) is 0 Å². The molecular weight excluding hydrogens is 284 g/mol. The first-order chi connectivity index (χ1) is 10.7. The van der Waals surface area contributed by atoms with E-state index in [2.05, 4.69) is 10.6 Å². The highest BCUT2D eigenvalue weighted by Crippen LogP contribution is 2.47. The van der Waals surface area contributed by atoms with Crippen LogP contribution < -0.4 is 20.1 Å². The van der Waals surface area contributed by atoms with Crippen molar-refractivity contribution in [2.75, 3.05) is 33.5 Å². The largest absolute Gasteiger partial charge is 0.486 e. The smallest absolute Gasteiger partial charge is 0.315 e. The lowest BCUT2D eigenvalue weighted by molar-refractivity contribution is 0.171. The van der Waals surface area contributed by atoms with Crippen LogP contribution in [-0.2, 0) is 10.3 Å². The zero-order valence-corrected chi connectivity index (χ0v) is 12.8. The molecular formula is C16H22N2O4. The Bertz CT molecular complexity index is 543. The van der Waals surface area contributed by atoms with Gasteiger partial charge in [-0.1, -0.05) is 6.07 Å². The van der Waals surface area contributed by atoms with Gasteiger partial charge in [0.1, 0.15) is 13.2 Å². The molecule has 1 fully saturated rings. The third-order valence-corrected chi connectivity index (χ3v) is 4.01. The van der Waals surface area contributed by atoms with E-state index in [1.807, 2.05) is 18.2 Å². The summed E-state index contributed by atoms with van der Waals surface area (Å²) in [5.41, 5.74) is 0.810. The van der Waals surface area contributed by atoms with Gasteiger partial charge in [0.2, 0.25) is 0 Å². The number of rotatable bonds is 6. The number of hydrogen-bond donors (Lipinski definition) is 2. The normalized spacial score (nSPS) is 17.7. The highest BCUT2D eigenvalue weighted by atomic mass is 16.6. The molecule has 0 radical (unpaired) electrons. The van der Waals surface area contributed by atoms with Crippen molar-refractivity contribution in [1.82, 2.24) is 10.6 Å². The van der Waals surface area contributed by atoms with Crippen LogP contribution in [0.15, 0.2) is 18.2 Å². The van der Waals surface area contributed by atoms with Crippen LogP contribution >= 0.6 is 0 Å². The van der Waals surface area contributed by atoms with Crippen LogP contribution in [0.5, 0.6) is 11.5 Å². The molecule has 0 aromatic heterocycles. The average Bonchev–Trinajstić information content (AvgIpc) is 3.32. The summed E-state index contributed by atoms with van der Waals surface area (Å²) < 4.78 is 16.1. The second kappa shape index (κ2) is 6.44. The van der Waals surface area contributed by atoms with Gasteiger partial charge < -0.3 is 24.8 Å². The number of carbonyl (C=O) groups excluding carboxylic acids is 1. The quantitative estimate of drug-likeness (QED) is 0.786. The summed E-state index contributed by atoms with van der Waals surface area (Å²) in [4.78, 5) is 12.0. The third-order valence-electron chi connectivity index (χ3n) is 4.01. The molecule has 120 valence electrons. The van der Waals surface area contributed by atoms with Gasteiger partial charge in [-0.25, -0.2) is 4.79 Å². The maximum absolute atomic E-state index is 12.0. The SMILES string of the molecule is COCCCNC(=O)NC1(c2ccc3c(c2)OCCO3)CC1. The number of amides is 2. The molecule has 1 aliphatic heterocycles. The van der Waals surface area contributed by atoms with E-state index in [-0.39, 0.29) is 11.6 Å². The predicted octanol–water partition coefficient (Wildman–Crippen LogP) is 1.78. The first-order valence-corrected chi connectivity index (χ1v) is 7.69. The van der Waals surface area contributed by atoms with E-state index in [0.29, 0.717) is 26.4 Å². The average molecular weight is 306 g/mol. The van der Waals surface area contributed by atoms with Gasteiger partial charge in [-0.15, -0.1) is 0 Å². The molecule has 1 heterocycles. The molecule has 2 N–H and O–H groups in total. The Labute approximate surface area is 130 Å². The van der Waals surface area contributed by atoms with Crippen molar-refractivity contribution in [3.8, 4) is 11.5 Å². The van der Waals surface area contributed by atoms with Crippen LogP contribution in [0.1, 0.15) is 24.8 Å². The fourth-order valence-electron chi connectivity index (χ4n) is 2.63. The van der Waals surface area contributed by atoms with Crippen LogP contribution in [0.4, 0.5) is 4.79 Å². The van der Waals surface area contributed by atoms with Crippen LogP contribution in [0, 0.1) is 0 Å². The highest BCUT2D eigenvalue weighted by molar-refractivity contribution is 5.75. The van der Waals surface area contributed by atoms with E-state index in [9.17, 15) is 4.79 Å². The molecule has 0 saturated heterocycles. The van der Waals surface area contributed by atoms with Crippen LogP contribution in [0.2, 0.25) is 0 Å². The minimum absolute atomic E-state index is 0.136. The van der Waals surface area contributed by atoms with Gasteiger partial charge in [0.05, 0.1) is 5.54 Å². The molecule has 1 aromatic carbocycles. The lowest BCUT2D eigenvalue weighted by atomic mass is 10.0. The molecule has 0 atom stereocenters. The number of carbonyl (C=O) groups is 1. The van der Waals surface area contributed by atoms with Gasteiger partial charge in [0.15, 0.2) is 11.5 Å². The molecule has 0 bridgehead atoms. The number of urea groups is 1. The van der Waals surface area contributed by atoms with E-state index in [1.165, 1.54) is 0 Å². The first kappa shape index (κ1) is 15.0. The van der Waals surface area contributed by atoms with Gasteiger partial charge in [-0.05, 0) is 37.0 Å². The molecule has 2 aliphatic rings. The minimum Gasteiger partial charge on any atom is -0.486 e. The Morgan fingerprint density at radius 2 is 2.05 bits per heavy atom. The number of fused-ring (bicyclic) bond motifs is 1. The lowest BCUT2D eigenvalue weighted by Crippen LogP contribution is -2.42. The Morgan fingerprint density at radius 3 is 2.77 bits per heavy atom. The van der Waals surface area contributed by atoms with Gasteiger partial charge in [-0.2, -0.15) is 0 Å². The highest BCUT2D eigenvalue weighted by Gasteiger charge is 2.46. The number of ether oxygens (including phenoxy) is 3. The molecule has 6 heteroatoms. The Kier molecular flexibility index (Phi) is 4.38. The predicted molar refractivity (Wildman–Crippen MR) is 81.4 cm³/mol. The number of benzene rings is 1. The van der Waals surface area contributed by atoms with Gasteiger partial charge in [0.25, 0.3) is 0 Å². The van der Waals surface area contributed by atoms with Crippen molar-refractivity contribution >= 4 is 6.03 Å². The molecule has 2 amide bonds. The Morgan fingerprint density at radius 1 is 1.27 bits per heavy atom. The summed E-state index contributed by atoms with van der Waals surface area (Å²) in [7, 11) is 1.65. The maximum atomic E-state index is 12.0. The van der Waals surface area contributed by atoms with E-state index in [4.69, 9.17) is 14.2 Å². The fourth-order valence-corrected chi connectivity index (χ4v) is 2.63. The minimum atomic E-state index is -0.263. The van der Waals surface area contributed by atoms with Gasteiger partial charge >= 0.3 is 6.03 Å². The van der Waals surface area contributed by atoms with Crippen molar-refractivity contribution in [2.24, 2.45) is 0 Å². The summed E-state index contributed by atoms with van der Waals surface area (Å²) in [6.45, 7) is 2.40. The molecule has 0 unspecified atom stereocenters. The fraction of sp³-hybridized carbons (Fsp3) is 0.562. The van der Waals surface area contributed by atoms with Crippen LogP contribution in [0.3, 0.4) is 0 Å². The van der Waals surface area contributed by atoms with E-state index >= 15 is 0 Å². The molecule has 1 aliphatic carbocycles. The Hall–Kier alpha value is -1.95. The monoisotopic (exact) mass is 306 g/mol. The first-order valence-electron chi connectivity index (χ1n) is 7.69. The summed E-state index contributed by atoms with van der Waals surface area (Å²) >= 11 is 0. The second-order valence-corrected chi connectivity index (χ2v) is 5.67. The number of hydrogen-bond acceptors (Lipinski definition) is 4. The molecule has 22 heavy (non-hydrogen) atoms. The van der Waals surface area contributed by atoms with E-state index < -0.39 is 0 Å². The summed E-state index contributed by atoms with van der Waals surface area (Å²) in [6, 6.07) is 5.77. The Balaban J connectivity index is 1.60. The molecule has 1 aromatic rings. The number of methoxy groups -OCH3 is 1. The summed E-state index contributed by atoms with van der Waals surface area (Å²) in [6.07, 6.45) is 2.69.